The van der Waals surface area contributed by atoms with E-state index in [0.717, 1.165) is 0 Å². The Morgan fingerprint density at radius 3 is 2.89 bits per heavy atom. The first-order valence-electron chi connectivity index (χ1n) is 4.89. The lowest BCUT2D eigenvalue weighted by molar-refractivity contribution is 0.579. The van der Waals surface area contributed by atoms with Gasteiger partial charge in [0.1, 0.15) is 17.0 Å². The number of hydrazine groups is 1. The zero-order valence-corrected chi connectivity index (χ0v) is 9.98. The lowest BCUT2D eigenvalue weighted by Crippen LogP contribution is -2.26. The van der Waals surface area contributed by atoms with Crippen LogP contribution in [0.25, 0.3) is 0 Å². The minimum absolute atomic E-state index is 0.00123. The molecule has 0 bridgehead atoms. The summed E-state index contributed by atoms with van der Waals surface area (Å²) in [5, 5.41) is 6.16. The Labute approximate surface area is 103 Å². The molecule has 0 saturated heterocycles. The Bertz CT molecular complexity index is 610. The van der Waals surface area contributed by atoms with E-state index in [-0.39, 0.29) is 17.3 Å². The van der Waals surface area contributed by atoms with E-state index < -0.39 is 10.0 Å². The third-order valence-electron chi connectivity index (χ3n) is 2.09. The molecule has 0 atom stereocenters. The molecular formula is C8H11N7O2S. The number of nitrogen functional groups attached to an aromatic ring is 1. The van der Waals surface area contributed by atoms with Gasteiger partial charge in [-0.05, 0) is 12.1 Å². The number of H-pyrrole nitrogens is 1. The Kier molecular flexibility index (Phi) is 3.50. The number of anilines is 1. The van der Waals surface area contributed by atoms with Crippen molar-refractivity contribution in [2.75, 3.05) is 5.43 Å². The number of nitrogens with one attached hydrogen (secondary N) is 3. The van der Waals surface area contributed by atoms with Gasteiger partial charge in [0, 0.05) is 6.20 Å². The number of sulfonamides is 1. The van der Waals surface area contributed by atoms with Crippen LogP contribution in [0.3, 0.4) is 0 Å². The van der Waals surface area contributed by atoms with Crippen LogP contribution in [-0.4, -0.2) is 28.6 Å². The van der Waals surface area contributed by atoms with Crippen molar-refractivity contribution >= 4 is 15.8 Å². The van der Waals surface area contributed by atoms with Crippen molar-refractivity contribution in [2.24, 2.45) is 5.84 Å². The molecule has 2 heterocycles. The van der Waals surface area contributed by atoms with Gasteiger partial charge in [0.25, 0.3) is 0 Å². The van der Waals surface area contributed by atoms with E-state index in [9.17, 15) is 8.42 Å². The number of aromatic amines is 1. The standard InChI is InChI=1S/C8H11N7O2S/c9-14-8-6(2-1-3-10-8)18(16,17)13-4-7-11-5-12-15-7/h1-3,5,13H,4,9H2,(H,10,14)(H,11,12,15). The number of hydrogen-bond acceptors (Lipinski definition) is 7. The van der Waals surface area contributed by atoms with E-state index in [4.69, 9.17) is 5.84 Å². The molecule has 0 aromatic carbocycles. The van der Waals surface area contributed by atoms with Crippen LogP contribution in [0.4, 0.5) is 5.82 Å². The Morgan fingerprint density at radius 2 is 2.22 bits per heavy atom. The number of nitrogens with zero attached hydrogens (tertiary/aromatic N) is 3. The summed E-state index contributed by atoms with van der Waals surface area (Å²) in [6.07, 6.45) is 2.73. The van der Waals surface area contributed by atoms with E-state index in [2.05, 4.69) is 30.3 Å². The Morgan fingerprint density at radius 1 is 1.39 bits per heavy atom. The molecule has 0 unspecified atom stereocenters. The molecule has 0 saturated carbocycles. The average Bonchev–Trinajstić information content (AvgIpc) is 2.89. The zero-order chi connectivity index (χ0) is 13.0. The first-order chi connectivity index (χ1) is 8.63. The van der Waals surface area contributed by atoms with Gasteiger partial charge in [0.2, 0.25) is 10.0 Å². The summed E-state index contributed by atoms with van der Waals surface area (Å²) in [4.78, 5) is 7.59. The lowest BCUT2D eigenvalue weighted by atomic mass is 10.5. The largest absolute Gasteiger partial charge is 0.307 e. The summed E-state index contributed by atoms with van der Waals surface area (Å²) in [6.45, 7) is 0.00123. The highest BCUT2D eigenvalue weighted by Crippen LogP contribution is 2.16. The fourth-order valence-corrected chi connectivity index (χ4v) is 2.38. The predicted molar refractivity (Wildman–Crippen MR) is 62.5 cm³/mol. The molecule has 2 aromatic rings. The van der Waals surface area contributed by atoms with Crippen molar-refractivity contribution in [1.82, 2.24) is 24.9 Å². The molecule has 2 aromatic heterocycles. The average molecular weight is 269 g/mol. The quantitative estimate of drug-likeness (QED) is 0.402. The molecule has 18 heavy (non-hydrogen) atoms. The van der Waals surface area contributed by atoms with Crippen molar-refractivity contribution < 1.29 is 8.42 Å². The van der Waals surface area contributed by atoms with Gasteiger partial charge in [-0.2, -0.15) is 5.10 Å². The summed E-state index contributed by atoms with van der Waals surface area (Å²) in [6, 6.07) is 2.90. The minimum atomic E-state index is -3.72. The molecule has 0 aliphatic carbocycles. The van der Waals surface area contributed by atoms with Crippen molar-refractivity contribution in [3.8, 4) is 0 Å². The van der Waals surface area contributed by atoms with Gasteiger partial charge in [-0.25, -0.2) is 29.0 Å². The second-order valence-electron chi connectivity index (χ2n) is 3.25. The highest BCUT2D eigenvalue weighted by molar-refractivity contribution is 7.89. The molecule has 0 fully saturated rings. The van der Waals surface area contributed by atoms with Crippen LogP contribution >= 0.6 is 0 Å². The van der Waals surface area contributed by atoms with Gasteiger partial charge in [-0.15, -0.1) is 0 Å². The molecule has 96 valence electrons. The van der Waals surface area contributed by atoms with Crippen molar-refractivity contribution in [3.63, 3.8) is 0 Å². The van der Waals surface area contributed by atoms with Crippen LogP contribution in [0.2, 0.25) is 0 Å². The summed E-state index contributed by atoms with van der Waals surface area (Å²) in [7, 11) is -3.72. The molecule has 0 aliphatic heterocycles. The molecular weight excluding hydrogens is 258 g/mol. The highest BCUT2D eigenvalue weighted by Gasteiger charge is 2.18. The van der Waals surface area contributed by atoms with E-state index in [1.165, 1.54) is 24.7 Å². The number of pyridine rings is 1. The van der Waals surface area contributed by atoms with Gasteiger partial charge >= 0.3 is 0 Å². The van der Waals surface area contributed by atoms with E-state index in [1.807, 2.05) is 0 Å². The fourth-order valence-electron chi connectivity index (χ4n) is 1.27. The smallest absolute Gasteiger partial charge is 0.244 e. The lowest BCUT2D eigenvalue weighted by Gasteiger charge is -2.08. The van der Waals surface area contributed by atoms with Crippen molar-refractivity contribution in [2.45, 2.75) is 11.4 Å². The minimum Gasteiger partial charge on any atom is -0.307 e. The Balaban J connectivity index is 2.20. The van der Waals surface area contributed by atoms with Crippen LogP contribution in [0, 0.1) is 0 Å². The van der Waals surface area contributed by atoms with Crippen LogP contribution in [0.5, 0.6) is 0 Å². The summed E-state index contributed by atoms with van der Waals surface area (Å²) in [5.74, 6) is 5.68. The number of rotatable bonds is 5. The molecule has 2 rings (SSSR count). The van der Waals surface area contributed by atoms with E-state index in [0.29, 0.717) is 5.82 Å². The van der Waals surface area contributed by atoms with Gasteiger partial charge in [-0.1, -0.05) is 0 Å². The van der Waals surface area contributed by atoms with Gasteiger partial charge in [-0.3, -0.25) is 5.10 Å². The van der Waals surface area contributed by atoms with Gasteiger partial charge in [0.05, 0.1) is 6.54 Å². The summed E-state index contributed by atoms with van der Waals surface area (Å²) in [5.41, 5.74) is 2.23. The third kappa shape index (κ3) is 2.61. The summed E-state index contributed by atoms with van der Waals surface area (Å²) < 4.78 is 26.4. The molecule has 5 N–H and O–H groups in total. The molecule has 0 radical (unpaired) electrons. The highest BCUT2D eigenvalue weighted by atomic mass is 32.2. The van der Waals surface area contributed by atoms with Crippen LogP contribution in [0.1, 0.15) is 5.82 Å². The molecule has 9 nitrogen and oxygen atoms in total. The topological polar surface area (TPSA) is 139 Å². The molecule has 10 heteroatoms. The maximum Gasteiger partial charge on any atom is 0.244 e. The monoisotopic (exact) mass is 269 g/mol. The van der Waals surface area contributed by atoms with Crippen LogP contribution in [0.15, 0.2) is 29.6 Å². The van der Waals surface area contributed by atoms with Gasteiger partial charge < -0.3 is 5.43 Å². The summed E-state index contributed by atoms with van der Waals surface area (Å²) >= 11 is 0. The second-order valence-corrected chi connectivity index (χ2v) is 4.99. The molecule has 0 amide bonds. The zero-order valence-electron chi connectivity index (χ0n) is 9.16. The second kappa shape index (κ2) is 5.08. The van der Waals surface area contributed by atoms with Crippen molar-refractivity contribution in [3.05, 3.63) is 30.5 Å². The SMILES string of the molecule is NNc1ncccc1S(=O)(=O)NCc1ncn[nH]1. The van der Waals surface area contributed by atoms with E-state index >= 15 is 0 Å². The predicted octanol–water partition coefficient (Wildman–Crippen LogP) is -1.04. The molecule has 0 spiro atoms. The third-order valence-corrected chi connectivity index (χ3v) is 3.52. The number of nitrogens with two attached hydrogens (primary N) is 1. The van der Waals surface area contributed by atoms with Crippen LogP contribution in [-0.2, 0) is 16.6 Å². The maximum absolute atomic E-state index is 12.0. The first kappa shape index (κ1) is 12.4. The maximum atomic E-state index is 12.0. The van der Waals surface area contributed by atoms with Crippen LogP contribution < -0.4 is 16.0 Å². The van der Waals surface area contributed by atoms with E-state index in [1.54, 1.807) is 0 Å². The van der Waals surface area contributed by atoms with Gasteiger partial charge in [0.15, 0.2) is 5.82 Å². The van der Waals surface area contributed by atoms with Crippen molar-refractivity contribution in [1.29, 1.82) is 0 Å². The number of hydrogen-bond donors (Lipinski definition) is 4. The number of aromatic nitrogens is 4. The Hall–Kier alpha value is -2.04. The molecule has 0 aliphatic rings. The first-order valence-corrected chi connectivity index (χ1v) is 6.37. The fraction of sp³-hybridized carbons (Fsp3) is 0.125. The normalized spacial score (nSPS) is 11.4.